The van der Waals surface area contributed by atoms with Gasteiger partial charge in [-0.1, -0.05) is 18.2 Å². The average molecular weight is 317 g/mol. The van der Waals surface area contributed by atoms with Crippen molar-refractivity contribution in [2.24, 2.45) is 5.92 Å². The SMILES string of the molecule is COc1ccccc1CC1CCCN1C(=O)CCC1CCOC1. The third-order valence-corrected chi connectivity index (χ3v) is 5.14. The van der Waals surface area contributed by atoms with Crippen LogP contribution in [-0.4, -0.2) is 43.7 Å². The molecule has 1 aromatic carbocycles. The smallest absolute Gasteiger partial charge is 0.222 e. The molecule has 0 aliphatic carbocycles. The van der Waals surface area contributed by atoms with Crippen LogP contribution >= 0.6 is 0 Å². The monoisotopic (exact) mass is 317 g/mol. The number of amides is 1. The largest absolute Gasteiger partial charge is 0.496 e. The van der Waals surface area contributed by atoms with Crippen LogP contribution in [0.5, 0.6) is 5.75 Å². The normalized spacial score (nSPS) is 24.1. The van der Waals surface area contributed by atoms with Gasteiger partial charge in [-0.25, -0.2) is 0 Å². The number of ether oxygens (including phenoxy) is 2. The number of carbonyl (C=O) groups excluding carboxylic acids is 1. The van der Waals surface area contributed by atoms with Gasteiger partial charge < -0.3 is 14.4 Å². The molecule has 4 nitrogen and oxygen atoms in total. The maximum absolute atomic E-state index is 12.6. The Morgan fingerprint density at radius 3 is 3.00 bits per heavy atom. The van der Waals surface area contributed by atoms with Gasteiger partial charge in [0.2, 0.25) is 5.91 Å². The van der Waals surface area contributed by atoms with Gasteiger partial charge in [-0.2, -0.15) is 0 Å². The van der Waals surface area contributed by atoms with Crippen LogP contribution in [0.4, 0.5) is 0 Å². The molecule has 2 fully saturated rings. The van der Waals surface area contributed by atoms with Gasteiger partial charge in [0.15, 0.2) is 0 Å². The van der Waals surface area contributed by atoms with Crippen molar-refractivity contribution in [3.05, 3.63) is 29.8 Å². The van der Waals surface area contributed by atoms with Crippen molar-refractivity contribution < 1.29 is 14.3 Å². The lowest BCUT2D eigenvalue weighted by Gasteiger charge is -2.26. The van der Waals surface area contributed by atoms with Crippen molar-refractivity contribution in [3.8, 4) is 5.75 Å². The molecule has 1 amide bonds. The second kappa shape index (κ2) is 7.82. The van der Waals surface area contributed by atoms with E-state index < -0.39 is 0 Å². The van der Waals surface area contributed by atoms with Crippen molar-refractivity contribution in [3.63, 3.8) is 0 Å². The fourth-order valence-electron chi connectivity index (χ4n) is 3.78. The molecular weight excluding hydrogens is 290 g/mol. The molecule has 2 aliphatic rings. The topological polar surface area (TPSA) is 38.8 Å². The Bertz CT molecular complexity index is 525. The van der Waals surface area contributed by atoms with Gasteiger partial charge >= 0.3 is 0 Å². The Morgan fingerprint density at radius 1 is 1.35 bits per heavy atom. The summed E-state index contributed by atoms with van der Waals surface area (Å²) in [6.07, 6.45) is 5.84. The van der Waals surface area contributed by atoms with E-state index in [2.05, 4.69) is 11.0 Å². The van der Waals surface area contributed by atoms with Gasteiger partial charge in [-0.3, -0.25) is 4.79 Å². The number of hydrogen-bond acceptors (Lipinski definition) is 3. The molecule has 3 rings (SSSR count). The maximum Gasteiger partial charge on any atom is 0.222 e. The predicted octanol–water partition coefficient (Wildman–Crippen LogP) is 3.05. The molecular formula is C19H27NO3. The van der Waals surface area contributed by atoms with E-state index in [1.807, 2.05) is 18.2 Å². The number of nitrogens with zero attached hydrogens (tertiary/aromatic N) is 1. The Labute approximate surface area is 138 Å². The summed E-state index contributed by atoms with van der Waals surface area (Å²) in [7, 11) is 1.71. The number of methoxy groups -OCH3 is 1. The lowest BCUT2D eigenvalue weighted by Crippen LogP contribution is -2.37. The van der Waals surface area contributed by atoms with Crippen LogP contribution in [0.2, 0.25) is 0 Å². The highest BCUT2D eigenvalue weighted by molar-refractivity contribution is 5.76. The molecule has 0 aromatic heterocycles. The molecule has 0 spiro atoms. The van der Waals surface area contributed by atoms with Crippen LogP contribution in [0.25, 0.3) is 0 Å². The highest BCUT2D eigenvalue weighted by Crippen LogP contribution is 2.27. The molecule has 2 aliphatic heterocycles. The molecule has 2 atom stereocenters. The minimum atomic E-state index is 0.314. The zero-order valence-corrected chi connectivity index (χ0v) is 14.0. The Balaban J connectivity index is 1.57. The van der Waals surface area contributed by atoms with E-state index in [-0.39, 0.29) is 0 Å². The van der Waals surface area contributed by atoms with Crippen LogP contribution < -0.4 is 4.74 Å². The molecule has 126 valence electrons. The van der Waals surface area contributed by atoms with E-state index in [4.69, 9.17) is 9.47 Å². The molecule has 0 radical (unpaired) electrons. The molecule has 2 unspecified atom stereocenters. The van der Waals surface area contributed by atoms with E-state index in [1.54, 1.807) is 7.11 Å². The maximum atomic E-state index is 12.6. The zero-order valence-electron chi connectivity index (χ0n) is 14.0. The molecule has 2 saturated heterocycles. The summed E-state index contributed by atoms with van der Waals surface area (Å²) < 4.78 is 10.9. The first-order valence-electron chi connectivity index (χ1n) is 8.77. The lowest BCUT2D eigenvalue weighted by atomic mass is 10.0. The second-order valence-electron chi connectivity index (χ2n) is 6.67. The molecule has 0 bridgehead atoms. The molecule has 2 heterocycles. The first-order chi connectivity index (χ1) is 11.3. The summed E-state index contributed by atoms with van der Waals surface area (Å²) in [5.41, 5.74) is 1.20. The van der Waals surface area contributed by atoms with E-state index >= 15 is 0 Å². The van der Waals surface area contributed by atoms with Crippen molar-refractivity contribution in [1.29, 1.82) is 0 Å². The molecule has 23 heavy (non-hydrogen) atoms. The predicted molar refractivity (Wildman–Crippen MR) is 89.6 cm³/mol. The number of likely N-dealkylation sites (tertiary alicyclic amines) is 1. The Hall–Kier alpha value is -1.55. The number of benzene rings is 1. The van der Waals surface area contributed by atoms with Crippen LogP contribution in [0, 0.1) is 5.92 Å². The Kier molecular flexibility index (Phi) is 5.55. The summed E-state index contributed by atoms with van der Waals surface area (Å²) in [6.45, 7) is 2.59. The van der Waals surface area contributed by atoms with Gasteiger partial charge in [0.25, 0.3) is 0 Å². The molecule has 4 heteroatoms. The third-order valence-electron chi connectivity index (χ3n) is 5.14. The van der Waals surface area contributed by atoms with E-state index in [0.29, 0.717) is 24.3 Å². The van der Waals surface area contributed by atoms with E-state index in [0.717, 1.165) is 57.6 Å². The first kappa shape index (κ1) is 16.3. The number of rotatable bonds is 6. The minimum absolute atomic E-state index is 0.314. The number of carbonyl (C=O) groups is 1. The van der Waals surface area contributed by atoms with Gasteiger partial charge in [0, 0.05) is 32.2 Å². The quantitative estimate of drug-likeness (QED) is 0.809. The van der Waals surface area contributed by atoms with Crippen molar-refractivity contribution in [1.82, 2.24) is 4.90 Å². The van der Waals surface area contributed by atoms with Crippen molar-refractivity contribution >= 4 is 5.91 Å². The summed E-state index contributed by atoms with van der Waals surface area (Å²) >= 11 is 0. The van der Waals surface area contributed by atoms with E-state index in [9.17, 15) is 4.79 Å². The summed E-state index contributed by atoms with van der Waals surface area (Å²) in [4.78, 5) is 14.7. The van der Waals surface area contributed by atoms with Gasteiger partial charge in [-0.05, 0) is 49.7 Å². The third kappa shape index (κ3) is 4.05. The molecule has 0 N–H and O–H groups in total. The van der Waals surface area contributed by atoms with E-state index in [1.165, 1.54) is 5.56 Å². The Morgan fingerprint density at radius 2 is 2.22 bits per heavy atom. The first-order valence-corrected chi connectivity index (χ1v) is 8.77. The van der Waals surface area contributed by atoms with Crippen molar-refractivity contribution in [2.45, 2.75) is 44.6 Å². The van der Waals surface area contributed by atoms with Gasteiger partial charge in [-0.15, -0.1) is 0 Å². The van der Waals surface area contributed by atoms with Crippen molar-refractivity contribution in [2.75, 3.05) is 26.9 Å². The fourth-order valence-corrected chi connectivity index (χ4v) is 3.78. The number of para-hydroxylation sites is 1. The number of hydrogen-bond donors (Lipinski definition) is 0. The summed E-state index contributed by atoms with van der Waals surface area (Å²) in [5, 5.41) is 0. The summed E-state index contributed by atoms with van der Waals surface area (Å²) in [5.74, 6) is 1.82. The van der Waals surface area contributed by atoms with Crippen LogP contribution in [0.1, 0.15) is 37.7 Å². The van der Waals surface area contributed by atoms with Crippen LogP contribution in [0.3, 0.4) is 0 Å². The van der Waals surface area contributed by atoms with Gasteiger partial charge in [0.05, 0.1) is 7.11 Å². The van der Waals surface area contributed by atoms with Crippen LogP contribution in [0.15, 0.2) is 24.3 Å². The fraction of sp³-hybridized carbons (Fsp3) is 0.632. The average Bonchev–Trinajstić information content (AvgIpc) is 3.25. The van der Waals surface area contributed by atoms with Crippen LogP contribution in [-0.2, 0) is 16.0 Å². The zero-order chi connectivity index (χ0) is 16.1. The molecule has 0 saturated carbocycles. The summed E-state index contributed by atoms with van der Waals surface area (Å²) in [6, 6.07) is 8.45. The highest BCUT2D eigenvalue weighted by Gasteiger charge is 2.29. The van der Waals surface area contributed by atoms with Gasteiger partial charge in [0.1, 0.15) is 5.75 Å². The minimum Gasteiger partial charge on any atom is -0.496 e. The second-order valence-corrected chi connectivity index (χ2v) is 6.67. The standard InChI is InChI=1S/C19H27NO3/c1-22-18-7-3-2-5-16(18)13-17-6-4-11-20(17)19(21)9-8-15-10-12-23-14-15/h2-3,5,7,15,17H,4,6,8-14H2,1H3. The highest BCUT2D eigenvalue weighted by atomic mass is 16.5. The lowest BCUT2D eigenvalue weighted by molar-refractivity contribution is -0.132. The molecule has 1 aromatic rings.